The van der Waals surface area contributed by atoms with E-state index in [9.17, 15) is 0 Å². The standard InChI is InChI=1S/C9H16N/c1-6-8-3-4-9(5-8)7(2)10-6/h6-8,10H,3-5H2,1-2H3. The average Bonchev–Trinajstić information content (AvgIpc) is 2.28. The Morgan fingerprint density at radius 2 is 2.20 bits per heavy atom. The van der Waals surface area contributed by atoms with Crippen molar-refractivity contribution >= 4 is 0 Å². The van der Waals surface area contributed by atoms with Crippen LogP contribution in [0.2, 0.25) is 0 Å². The van der Waals surface area contributed by atoms with Gasteiger partial charge in [0.25, 0.3) is 0 Å². The maximum Gasteiger partial charge on any atom is 0.0104 e. The van der Waals surface area contributed by atoms with Gasteiger partial charge in [0.2, 0.25) is 0 Å². The first kappa shape index (κ1) is 6.66. The number of nitrogens with one attached hydrogen (secondary N) is 1. The molecule has 0 aromatic heterocycles. The van der Waals surface area contributed by atoms with Crippen LogP contribution >= 0.6 is 0 Å². The molecule has 10 heavy (non-hydrogen) atoms. The van der Waals surface area contributed by atoms with Crippen molar-refractivity contribution in [2.75, 3.05) is 0 Å². The molecular weight excluding hydrogens is 122 g/mol. The van der Waals surface area contributed by atoms with Crippen molar-refractivity contribution < 1.29 is 0 Å². The molecule has 2 rings (SSSR count). The Morgan fingerprint density at radius 1 is 1.40 bits per heavy atom. The highest BCUT2D eigenvalue weighted by Gasteiger charge is 2.37. The molecule has 1 aliphatic heterocycles. The molecule has 1 N–H and O–H groups in total. The first-order chi connectivity index (χ1) is 4.77. The number of piperidine rings is 1. The summed E-state index contributed by atoms with van der Waals surface area (Å²) in [6.07, 6.45) is 4.24. The van der Waals surface area contributed by atoms with Crippen LogP contribution in [0.4, 0.5) is 0 Å². The summed E-state index contributed by atoms with van der Waals surface area (Å²) in [5, 5.41) is 3.60. The van der Waals surface area contributed by atoms with E-state index in [0.717, 1.165) is 12.0 Å². The molecule has 1 saturated carbocycles. The molecule has 1 radical (unpaired) electrons. The minimum atomic E-state index is 0.703. The quantitative estimate of drug-likeness (QED) is 0.537. The smallest absolute Gasteiger partial charge is 0.0104 e. The first-order valence-corrected chi connectivity index (χ1v) is 4.38. The Morgan fingerprint density at radius 3 is 3.00 bits per heavy atom. The summed E-state index contributed by atoms with van der Waals surface area (Å²) in [7, 11) is 0. The molecule has 1 nitrogen and oxygen atoms in total. The molecule has 1 aliphatic carbocycles. The summed E-state index contributed by atoms with van der Waals surface area (Å²) < 4.78 is 0. The van der Waals surface area contributed by atoms with Crippen molar-refractivity contribution in [2.45, 2.75) is 45.2 Å². The monoisotopic (exact) mass is 138 g/mol. The zero-order valence-electron chi connectivity index (χ0n) is 6.85. The molecule has 3 unspecified atom stereocenters. The van der Waals surface area contributed by atoms with E-state index in [-0.39, 0.29) is 0 Å². The van der Waals surface area contributed by atoms with Gasteiger partial charge in [0.15, 0.2) is 0 Å². The molecule has 2 aliphatic rings. The molecule has 3 atom stereocenters. The highest BCUT2D eigenvalue weighted by Crippen LogP contribution is 2.40. The van der Waals surface area contributed by atoms with E-state index < -0.39 is 0 Å². The van der Waals surface area contributed by atoms with E-state index in [1.54, 1.807) is 5.92 Å². The van der Waals surface area contributed by atoms with Gasteiger partial charge in [0.05, 0.1) is 0 Å². The summed E-state index contributed by atoms with van der Waals surface area (Å²) >= 11 is 0. The third kappa shape index (κ3) is 0.878. The van der Waals surface area contributed by atoms with Crippen LogP contribution in [-0.4, -0.2) is 12.1 Å². The van der Waals surface area contributed by atoms with Gasteiger partial charge in [0.1, 0.15) is 0 Å². The van der Waals surface area contributed by atoms with E-state index in [2.05, 4.69) is 19.2 Å². The second-order valence-electron chi connectivity index (χ2n) is 3.84. The fourth-order valence-electron chi connectivity index (χ4n) is 2.38. The van der Waals surface area contributed by atoms with Crippen molar-refractivity contribution in [3.63, 3.8) is 0 Å². The SMILES string of the molecule is CC1NC(C)C2CC[C]1C2. The molecule has 1 saturated heterocycles. The first-order valence-electron chi connectivity index (χ1n) is 4.38. The van der Waals surface area contributed by atoms with E-state index in [4.69, 9.17) is 0 Å². The molecular formula is C9H16N. The molecule has 0 amide bonds. The van der Waals surface area contributed by atoms with Crippen LogP contribution in [0.3, 0.4) is 0 Å². The van der Waals surface area contributed by atoms with E-state index >= 15 is 0 Å². The van der Waals surface area contributed by atoms with Gasteiger partial charge in [0, 0.05) is 12.1 Å². The van der Waals surface area contributed by atoms with Crippen molar-refractivity contribution in [3.05, 3.63) is 5.92 Å². The van der Waals surface area contributed by atoms with Gasteiger partial charge < -0.3 is 5.32 Å². The molecule has 2 bridgehead atoms. The molecule has 57 valence electrons. The van der Waals surface area contributed by atoms with Crippen LogP contribution in [0.1, 0.15) is 33.1 Å². The molecule has 1 heteroatoms. The molecule has 0 spiro atoms. The van der Waals surface area contributed by atoms with E-state index in [0.29, 0.717) is 6.04 Å². The minimum absolute atomic E-state index is 0.703. The molecule has 0 aromatic rings. The van der Waals surface area contributed by atoms with Crippen molar-refractivity contribution in [3.8, 4) is 0 Å². The highest BCUT2D eigenvalue weighted by atomic mass is 15.0. The third-order valence-electron chi connectivity index (χ3n) is 3.19. The second kappa shape index (κ2) is 2.23. The maximum absolute atomic E-state index is 3.60. The Labute approximate surface area is 63.2 Å². The largest absolute Gasteiger partial charge is 0.311 e. The summed E-state index contributed by atoms with van der Waals surface area (Å²) in [4.78, 5) is 0. The minimum Gasteiger partial charge on any atom is -0.311 e. The van der Waals surface area contributed by atoms with Crippen LogP contribution < -0.4 is 5.32 Å². The predicted octanol–water partition coefficient (Wildman–Crippen LogP) is 1.74. The topological polar surface area (TPSA) is 12.0 Å². The van der Waals surface area contributed by atoms with Gasteiger partial charge in [-0.2, -0.15) is 0 Å². The van der Waals surface area contributed by atoms with Crippen molar-refractivity contribution in [1.82, 2.24) is 5.32 Å². The maximum atomic E-state index is 3.60. The Kier molecular flexibility index (Phi) is 1.48. The summed E-state index contributed by atoms with van der Waals surface area (Å²) in [5.41, 5.74) is 0. The lowest BCUT2D eigenvalue weighted by Gasteiger charge is -2.32. The van der Waals surface area contributed by atoms with E-state index in [1.807, 2.05) is 0 Å². The zero-order valence-corrected chi connectivity index (χ0v) is 6.85. The molecule has 1 heterocycles. The van der Waals surface area contributed by atoms with Gasteiger partial charge in [-0.05, 0) is 44.9 Å². The number of hydrogen-bond acceptors (Lipinski definition) is 1. The van der Waals surface area contributed by atoms with E-state index in [1.165, 1.54) is 19.3 Å². The normalized spacial score (nSPS) is 48.0. The molecule has 2 fully saturated rings. The van der Waals surface area contributed by atoms with Gasteiger partial charge in [-0.15, -0.1) is 0 Å². The fourth-order valence-corrected chi connectivity index (χ4v) is 2.38. The predicted molar refractivity (Wildman–Crippen MR) is 42.6 cm³/mol. The van der Waals surface area contributed by atoms with Gasteiger partial charge in [-0.1, -0.05) is 0 Å². The number of rotatable bonds is 0. The lowest BCUT2D eigenvalue weighted by molar-refractivity contribution is 0.322. The van der Waals surface area contributed by atoms with Crippen LogP contribution in [-0.2, 0) is 0 Å². The number of fused-ring (bicyclic) bond motifs is 2. The van der Waals surface area contributed by atoms with Gasteiger partial charge >= 0.3 is 0 Å². The van der Waals surface area contributed by atoms with Crippen molar-refractivity contribution in [1.29, 1.82) is 0 Å². The average molecular weight is 138 g/mol. The van der Waals surface area contributed by atoms with Crippen LogP contribution in [0.25, 0.3) is 0 Å². The lowest BCUT2D eigenvalue weighted by Crippen LogP contribution is -2.44. The van der Waals surface area contributed by atoms with Gasteiger partial charge in [-0.25, -0.2) is 0 Å². The molecule has 0 aromatic carbocycles. The third-order valence-corrected chi connectivity index (χ3v) is 3.19. The lowest BCUT2D eigenvalue weighted by atomic mass is 9.89. The van der Waals surface area contributed by atoms with Crippen LogP contribution in [0.5, 0.6) is 0 Å². The van der Waals surface area contributed by atoms with Crippen molar-refractivity contribution in [2.24, 2.45) is 5.92 Å². The summed E-state index contributed by atoms with van der Waals surface area (Å²) in [5.74, 6) is 2.73. The fraction of sp³-hybridized carbons (Fsp3) is 0.889. The Hall–Kier alpha value is -0.0400. The van der Waals surface area contributed by atoms with Gasteiger partial charge in [-0.3, -0.25) is 0 Å². The zero-order chi connectivity index (χ0) is 7.14. The second-order valence-corrected chi connectivity index (χ2v) is 3.84. The Balaban J connectivity index is 2.09. The highest BCUT2D eigenvalue weighted by molar-refractivity contribution is 5.11. The summed E-state index contributed by atoms with van der Waals surface area (Å²) in [6, 6.07) is 1.47. The van der Waals surface area contributed by atoms with Crippen LogP contribution in [0.15, 0.2) is 0 Å². The Bertz CT molecular complexity index is 119. The number of hydrogen-bond donors (Lipinski definition) is 1. The summed E-state index contributed by atoms with van der Waals surface area (Å²) in [6.45, 7) is 4.62. The van der Waals surface area contributed by atoms with Crippen LogP contribution in [0, 0.1) is 11.8 Å².